The molecule has 0 amide bonds. The number of halogens is 3. The molecule has 15 heteroatoms. The molecular formula is C22H17F3N4O6S2. The lowest BCUT2D eigenvalue weighted by atomic mass is 10.2. The number of aromatic hydroxyl groups is 1. The number of anilines is 1. The molecule has 0 aliphatic carbocycles. The van der Waals surface area contributed by atoms with Gasteiger partial charge in [0.15, 0.2) is 0 Å². The van der Waals surface area contributed by atoms with Crippen molar-refractivity contribution >= 4 is 25.5 Å². The van der Waals surface area contributed by atoms with Crippen LogP contribution in [0, 0.1) is 0 Å². The third kappa shape index (κ3) is 5.08. The smallest absolute Gasteiger partial charge is 0.493 e. The third-order valence-corrected chi connectivity index (χ3v) is 8.08. The fourth-order valence-electron chi connectivity index (χ4n) is 3.38. The Morgan fingerprint density at radius 1 is 0.919 bits per heavy atom. The van der Waals surface area contributed by atoms with E-state index in [0.717, 1.165) is 27.5 Å². The number of sulfone groups is 1. The number of aromatic nitrogens is 3. The molecule has 0 unspecified atom stereocenters. The van der Waals surface area contributed by atoms with Crippen molar-refractivity contribution in [1.82, 2.24) is 14.1 Å². The second-order valence-corrected chi connectivity index (χ2v) is 11.3. The molecule has 2 aromatic carbocycles. The van der Waals surface area contributed by atoms with Gasteiger partial charge in [0.2, 0.25) is 5.88 Å². The van der Waals surface area contributed by atoms with Crippen LogP contribution >= 0.6 is 0 Å². The molecule has 37 heavy (non-hydrogen) atoms. The molecule has 0 atom stereocenters. The molecule has 0 fully saturated rings. The first kappa shape index (κ1) is 26.0. The molecule has 194 valence electrons. The minimum atomic E-state index is -5.59. The SMILES string of the molecule is O=c1n(Cc2ccncc2NS(=O)(=O)c2ccccc2)cc(O)n1-c1ccc(S(=O)(=O)C(F)(F)F)cc1. The summed E-state index contributed by atoms with van der Waals surface area (Å²) in [6.07, 6.45) is 3.66. The van der Waals surface area contributed by atoms with Gasteiger partial charge in [-0.2, -0.15) is 13.2 Å². The molecule has 2 heterocycles. The molecule has 10 nitrogen and oxygen atoms in total. The summed E-state index contributed by atoms with van der Waals surface area (Å²) >= 11 is 0. The van der Waals surface area contributed by atoms with Crippen LogP contribution in [0.3, 0.4) is 0 Å². The van der Waals surface area contributed by atoms with Crippen molar-refractivity contribution in [3.8, 4) is 11.6 Å². The molecule has 4 rings (SSSR count). The van der Waals surface area contributed by atoms with Gasteiger partial charge in [0.05, 0.1) is 40.1 Å². The number of hydrogen-bond acceptors (Lipinski definition) is 7. The Morgan fingerprint density at radius 2 is 1.57 bits per heavy atom. The van der Waals surface area contributed by atoms with Gasteiger partial charge in [-0.15, -0.1) is 0 Å². The highest BCUT2D eigenvalue weighted by atomic mass is 32.2. The van der Waals surface area contributed by atoms with Crippen molar-refractivity contribution in [2.24, 2.45) is 0 Å². The Bertz CT molecular complexity index is 1710. The van der Waals surface area contributed by atoms with E-state index in [2.05, 4.69) is 9.71 Å². The molecule has 0 aliphatic heterocycles. The van der Waals surface area contributed by atoms with Crippen LogP contribution in [0.15, 0.2) is 93.8 Å². The van der Waals surface area contributed by atoms with Crippen molar-refractivity contribution in [2.45, 2.75) is 21.8 Å². The van der Waals surface area contributed by atoms with Gasteiger partial charge in [-0.05, 0) is 48.0 Å². The monoisotopic (exact) mass is 554 g/mol. The Balaban J connectivity index is 1.65. The first-order chi connectivity index (χ1) is 17.3. The summed E-state index contributed by atoms with van der Waals surface area (Å²) in [5.41, 5.74) is -6.02. The van der Waals surface area contributed by atoms with Crippen molar-refractivity contribution < 1.29 is 35.1 Å². The number of benzene rings is 2. The Hall–Kier alpha value is -4.11. The van der Waals surface area contributed by atoms with Gasteiger partial charge >= 0.3 is 11.2 Å². The lowest BCUT2D eigenvalue weighted by Crippen LogP contribution is -2.25. The normalized spacial score (nSPS) is 12.4. The number of imidazole rings is 1. The van der Waals surface area contributed by atoms with Crippen LogP contribution in [0.1, 0.15) is 5.56 Å². The second kappa shape index (κ2) is 9.40. The third-order valence-electron chi connectivity index (χ3n) is 5.20. The highest BCUT2D eigenvalue weighted by Crippen LogP contribution is 2.31. The average molecular weight is 555 g/mol. The molecule has 0 spiro atoms. The lowest BCUT2D eigenvalue weighted by molar-refractivity contribution is -0.0436. The van der Waals surface area contributed by atoms with Gasteiger partial charge < -0.3 is 5.11 Å². The quantitative estimate of drug-likeness (QED) is 0.358. The molecule has 0 radical (unpaired) electrons. The van der Waals surface area contributed by atoms with E-state index in [0.29, 0.717) is 17.7 Å². The van der Waals surface area contributed by atoms with Crippen molar-refractivity contribution in [3.05, 3.63) is 95.3 Å². The van der Waals surface area contributed by atoms with Crippen LogP contribution in [0.5, 0.6) is 5.88 Å². The number of rotatable bonds is 7. The van der Waals surface area contributed by atoms with Gasteiger partial charge in [-0.3, -0.25) is 14.3 Å². The maximum atomic E-state index is 13.0. The zero-order valence-electron chi connectivity index (χ0n) is 18.5. The summed E-state index contributed by atoms with van der Waals surface area (Å²) < 4.78 is 91.1. The van der Waals surface area contributed by atoms with Crippen LogP contribution in [0.2, 0.25) is 0 Å². The minimum Gasteiger partial charge on any atom is -0.493 e. The Morgan fingerprint density at radius 3 is 2.19 bits per heavy atom. The van der Waals surface area contributed by atoms with E-state index in [9.17, 15) is 39.9 Å². The Labute approximate surface area is 208 Å². The molecule has 2 aromatic heterocycles. The van der Waals surface area contributed by atoms with Gasteiger partial charge in [0, 0.05) is 6.20 Å². The standard InChI is InChI=1S/C22H17F3N4O6S2/c23-22(24,25)36(32,33)17-8-6-16(7-9-17)29-20(30)14-28(21(29)31)13-15-10-11-26-12-19(15)27-37(34,35)18-4-2-1-3-5-18/h1-12,14,27,30H,13H2. The van der Waals surface area contributed by atoms with E-state index >= 15 is 0 Å². The first-order valence-corrected chi connectivity index (χ1v) is 13.2. The highest BCUT2D eigenvalue weighted by Gasteiger charge is 2.46. The van der Waals surface area contributed by atoms with E-state index < -0.39 is 41.8 Å². The molecular weight excluding hydrogens is 537 g/mol. The fraction of sp³-hybridized carbons (Fsp3) is 0.0909. The maximum absolute atomic E-state index is 13.0. The first-order valence-electron chi connectivity index (χ1n) is 10.2. The number of pyridine rings is 1. The van der Waals surface area contributed by atoms with Crippen LogP contribution in [0.4, 0.5) is 18.9 Å². The lowest BCUT2D eigenvalue weighted by Gasteiger charge is -2.12. The van der Waals surface area contributed by atoms with Gasteiger partial charge in [-0.1, -0.05) is 18.2 Å². The number of nitrogens with one attached hydrogen (secondary N) is 1. The molecule has 0 bridgehead atoms. The van der Waals surface area contributed by atoms with Crippen molar-refractivity contribution in [1.29, 1.82) is 0 Å². The predicted octanol–water partition coefficient (Wildman–Crippen LogP) is 2.88. The summed E-state index contributed by atoms with van der Waals surface area (Å²) in [5.74, 6) is -0.586. The summed E-state index contributed by atoms with van der Waals surface area (Å²) in [5, 5.41) is 10.3. The molecule has 0 aliphatic rings. The van der Waals surface area contributed by atoms with Gasteiger partial charge in [-0.25, -0.2) is 26.2 Å². The van der Waals surface area contributed by atoms with E-state index in [1.165, 1.54) is 30.6 Å². The minimum absolute atomic E-state index is 0.00162. The number of sulfonamides is 1. The molecule has 4 aromatic rings. The van der Waals surface area contributed by atoms with Crippen LogP contribution in [-0.4, -0.2) is 41.6 Å². The molecule has 0 saturated heterocycles. The van der Waals surface area contributed by atoms with Crippen LogP contribution in [-0.2, 0) is 26.4 Å². The molecule has 2 N–H and O–H groups in total. The second-order valence-electron chi connectivity index (χ2n) is 7.63. The zero-order valence-corrected chi connectivity index (χ0v) is 20.1. The maximum Gasteiger partial charge on any atom is 0.501 e. The van der Waals surface area contributed by atoms with E-state index in [1.54, 1.807) is 18.2 Å². The average Bonchev–Trinajstić information content (AvgIpc) is 3.12. The highest BCUT2D eigenvalue weighted by molar-refractivity contribution is 7.92. The fourth-order valence-corrected chi connectivity index (χ4v) is 5.25. The van der Waals surface area contributed by atoms with Crippen LogP contribution < -0.4 is 10.4 Å². The van der Waals surface area contributed by atoms with Gasteiger partial charge in [0.25, 0.3) is 19.9 Å². The van der Waals surface area contributed by atoms with Crippen LogP contribution in [0.25, 0.3) is 5.69 Å². The van der Waals surface area contributed by atoms with E-state index in [1.807, 2.05) is 0 Å². The largest absolute Gasteiger partial charge is 0.501 e. The number of hydrogen-bond donors (Lipinski definition) is 2. The van der Waals surface area contributed by atoms with Gasteiger partial charge in [0.1, 0.15) is 0 Å². The van der Waals surface area contributed by atoms with Crippen molar-refractivity contribution in [3.63, 3.8) is 0 Å². The van der Waals surface area contributed by atoms with E-state index in [4.69, 9.17) is 0 Å². The predicted molar refractivity (Wildman–Crippen MR) is 126 cm³/mol. The summed E-state index contributed by atoms with van der Waals surface area (Å²) in [6.45, 7) is -0.213. The number of alkyl halides is 3. The Kier molecular flexibility index (Phi) is 6.60. The number of nitrogens with zero attached hydrogens (tertiary/aromatic N) is 3. The summed E-state index contributed by atoms with van der Waals surface area (Å²) in [7, 11) is -9.56. The summed E-state index contributed by atoms with van der Waals surface area (Å²) in [6, 6.07) is 12.2. The zero-order chi connectivity index (χ0) is 27.0. The van der Waals surface area contributed by atoms with Crippen molar-refractivity contribution in [2.75, 3.05) is 4.72 Å². The molecule has 0 saturated carbocycles. The summed E-state index contributed by atoms with van der Waals surface area (Å²) in [4.78, 5) is 15.8. The topological polar surface area (TPSA) is 140 Å². The van der Waals surface area contributed by atoms with E-state index in [-0.39, 0.29) is 22.8 Å².